The molecule has 1 aliphatic rings. The average molecular weight is 742 g/mol. The van der Waals surface area contributed by atoms with E-state index in [1.54, 1.807) is 6.07 Å². The van der Waals surface area contributed by atoms with Crippen molar-refractivity contribution in [3.8, 4) is 33.9 Å². The van der Waals surface area contributed by atoms with E-state index in [0.717, 1.165) is 57.9 Å². The van der Waals surface area contributed by atoms with Crippen molar-refractivity contribution in [3.05, 3.63) is 186 Å². The van der Waals surface area contributed by atoms with Crippen molar-refractivity contribution in [2.45, 2.75) is 37.0 Å². The maximum absolute atomic E-state index is 15.3. The molecule has 0 radical (unpaired) electrons. The monoisotopic (exact) mass is 741 g/mol. The van der Waals surface area contributed by atoms with Crippen LogP contribution in [0.5, 0.6) is 0 Å². The Morgan fingerprint density at radius 1 is 0.455 bits per heavy atom. The molecule has 0 atom stereocenters. The predicted molar refractivity (Wildman–Crippen MR) is 204 cm³/mol. The second kappa shape index (κ2) is 13.3. The number of para-hydroxylation sites is 2. The summed E-state index contributed by atoms with van der Waals surface area (Å²) in [5.41, 5.74) is 0.240. The molecule has 9 heteroatoms. The van der Waals surface area contributed by atoms with Crippen LogP contribution in [0.2, 0.25) is 0 Å². The summed E-state index contributed by atoms with van der Waals surface area (Å²) < 4.78 is 92.0. The lowest BCUT2D eigenvalue weighted by atomic mass is 9.72. The van der Waals surface area contributed by atoms with Crippen molar-refractivity contribution in [3.63, 3.8) is 0 Å². The summed E-state index contributed by atoms with van der Waals surface area (Å²) in [5, 5.41) is 0. The molecule has 0 amide bonds. The number of hydrogen-bond donors (Lipinski definition) is 0. The zero-order valence-corrected chi connectivity index (χ0v) is 29.7. The van der Waals surface area contributed by atoms with Gasteiger partial charge in [-0.15, -0.1) is 0 Å². The lowest BCUT2D eigenvalue weighted by molar-refractivity contribution is -0.288. The highest BCUT2D eigenvalue weighted by Crippen LogP contribution is 2.57. The van der Waals surface area contributed by atoms with Gasteiger partial charge in [-0.05, 0) is 52.6 Å². The Labute approximate surface area is 314 Å². The van der Waals surface area contributed by atoms with E-state index >= 15 is 26.3 Å². The number of benzene rings is 6. The summed E-state index contributed by atoms with van der Waals surface area (Å²) in [6, 6.07) is 44.4. The van der Waals surface area contributed by atoms with Gasteiger partial charge in [-0.25, -0.2) is 9.97 Å². The normalized spacial score (nSPS) is 13.9. The van der Waals surface area contributed by atoms with Gasteiger partial charge in [0.2, 0.25) is 5.41 Å². The van der Waals surface area contributed by atoms with Gasteiger partial charge in [0, 0.05) is 27.8 Å². The number of rotatable bonds is 6. The minimum Gasteiger partial charge on any atom is -0.310 e. The molecular weight excluding hydrogens is 709 g/mol. The molecule has 7 aromatic rings. The number of hydrogen-bond acceptors (Lipinski definition) is 3. The maximum Gasteiger partial charge on any atom is 0.411 e. The lowest BCUT2D eigenvalue weighted by Crippen LogP contribution is -2.54. The van der Waals surface area contributed by atoms with Crippen LogP contribution in [0.1, 0.15) is 36.1 Å². The minimum absolute atomic E-state index is 0.158. The first kappa shape index (κ1) is 35.8. The quantitative estimate of drug-likeness (QED) is 0.159. The molecular formula is C46H33F6N3. The molecule has 3 nitrogen and oxygen atoms in total. The third-order valence-corrected chi connectivity index (χ3v) is 10.5. The Kier molecular flexibility index (Phi) is 8.63. The average Bonchev–Trinajstić information content (AvgIpc) is 3.18. The van der Waals surface area contributed by atoms with Gasteiger partial charge in [-0.2, -0.15) is 26.3 Å². The topological polar surface area (TPSA) is 29.0 Å². The van der Waals surface area contributed by atoms with Crippen LogP contribution in [0.3, 0.4) is 0 Å². The van der Waals surface area contributed by atoms with Gasteiger partial charge < -0.3 is 4.90 Å². The number of nitrogens with zero attached hydrogens (tertiary/aromatic N) is 3. The van der Waals surface area contributed by atoms with Crippen molar-refractivity contribution in [1.29, 1.82) is 0 Å². The van der Waals surface area contributed by atoms with E-state index in [9.17, 15) is 0 Å². The van der Waals surface area contributed by atoms with Crippen molar-refractivity contribution in [1.82, 2.24) is 9.97 Å². The fraction of sp³-hybridized carbons (Fsp3) is 0.130. The summed E-state index contributed by atoms with van der Waals surface area (Å²) in [4.78, 5) is 11.2. The number of alkyl halides is 6. The highest BCUT2D eigenvalue weighted by Gasteiger charge is 2.72. The summed E-state index contributed by atoms with van der Waals surface area (Å²) in [6.07, 6.45) is -11.5. The van der Waals surface area contributed by atoms with E-state index in [0.29, 0.717) is 17.1 Å². The molecule has 8 rings (SSSR count). The highest BCUT2D eigenvalue weighted by molar-refractivity contribution is 5.86. The number of fused-ring (bicyclic) bond motifs is 2. The van der Waals surface area contributed by atoms with E-state index in [-0.39, 0.29) is 11.4 Å². The first-order valence-corrected chi connectivity index (χ1v) is 17.6. The van der Waals surface area contributed by atoms with Gasteiger partial charge in [-0.3, -0.25) is 0 Å². The molecule has 0 unspecified atom stereocenters. The fourth-order valence-corrected chi connectivity index (χ4v) is 7.75. The van der Waals surface area contributed by atoms with Crippen LogP contribution in [0, 0.1) is 0 Å². The third-order valence-electron chi connectivity index (χ3n) is 10.5. The molecule has 274 valence electrons. The Morgan fingerprint density at radius 2 is 0.855 bits per heavy atom. The summed E-state index contributed by atoms with van der Waals surface area (Å²) in [5.74, 6) is 0.158. The molecule has 0 saturated heterocycles. The van der Waals surface area contributed by atoms with Gasteiger partial charge in [0.25, 0.3) is 0 Å². The molecule has 6 aromatic carbocycles. The van der Waals surface area contributed by atoms with Gasteiger partial charge >= 0.3 is 12.4 Å². The van der Waals surface area contributed by atoms with Crippen LogP contribution in [0.25, 0.3) is 33.9 Å². The molecule has 0 fully saturated rings. The third kappa shape index (κ3) is 5.95. The summed E-state index contributed by atoms with van der Waals surface area (Å²) >= 11 is 0. The molecule has 2 heterocycles. The van der Waals surface area contributed by atoms with Crippen LogP contribution in [0.4, 0.5) is 43.4 Å². The zero-order chi connectivity index (χ0) is 38.6. The molecule has 0 N–H and O–H groups in total. The van der Waals surface area contributed by atoms with Gasteiger partial charge in [0.15, 0.2) is 5.82 Å². The van der Waals surface area contributed by atoms with Crippen LogP contribution < -0.4 is 4.90 Å². The largest absolute Gasteiger partial charge is 0.411 e. The van der Waals surface area contributed by atoms with Crippen LogP contribution in [-0.4, -0.2) is 22.3 Å². The standard InChI is InChI=1S/C46H33F6N3/c1-43(2)36-17-9-11-19-40(36)55(41-20-12-10-18-37(41)43)35-27-25-34(26-28-35)44(45(47,48)49,46(50,51)52)33-23-21-32(22-24-33)42-53-38(30-13-5-3-6-14-30)29-39(54-42)31-15-7-4-8-16-31/h3-29H,1-2H3. The summed E-state index contributed by atoms with van der Waals surface area (Å²) in [6.45, 7) is 4.18. The smallest absolute Gasteiger partial charge is 0.310 e. The zero-order valence-electron chi connectivity index (χ0n) is 29.7. The SMILES string of the molecule is CC1(C)c2ccccc2N(c2ccc(C(c3ccc(-c4nc(-c5ccccc5)cc(-c5ccccc5)n4)cc3)(C(F)(F)F)C(F)(F)F)cc2)c2ccccc21. The molecule has 0 saturated carbocycles. The van der Waals surface area contributed by atoms with E-state index in [1.165, 1.54) is 24.3 Å². The first-order valence-electron chi connectivity index (χ1n) is 17.6. The predicted octanol–water partition coefficient (Wildman–Crippen LogP) is 13.0. The van der Waals surface area contributed by atoms with Crippen molar-refractivity contribution in [2.75, 3.05) is 4.90 Å². The molecule has 0 aliphatic carbocycles. The van der Waals surface area contributed by atoms with E-state index in [4.69, 9.17) is 0 Å². The van der Waals surface area contributed by atoms with Crippen molar-refractivity contribution >= 4 is 17.1 Å². The highest BCUT2D eigenvalue weighted by atomic mass is 19.4. The Morgan fingerprint density at radius 3 is 1.29 bits per heavy atom. The van der Waals surface area contributed by atoms with Crippen molar-refractivity contribution in [2.24, 2.45) is 0 Å². The second-order valence-corrected chi connectivity index (χ2v) is 14.1. The number of aromatic nitrogens is 2. The Hall–Kier alpha value is -6.22. The molecule has 1 aromatic heterocycles. The summed E-state index contributed by atoms with van der Waals surface area (Å²) in [7, 11) is 0. The van der Waals surface area contributed by atoms with Gasteiger partial charge in [-0.1, -0.05) is 147 Å². The number of anilines is 3. The van der Waals surface area contributed by atoms with Crippen molar-refractivity contribution < 1.29 is 26.3 Å². The van der Waals surface area contributed by atoms with E-state index in [2.05, 4.69) is 23.8 Å². The van der Waals surface area contributed by atoms with E-state index in [1.807, 2.05) is 114 Å². The Bertz CT molecular complexity index is 2350. The number of halogens is 6. The van der Waals surface area contributed by atoms with Crippen LogP contribution in [0.15, 0.2) is 164 Å². The fourth-order valence-electron chi connectivity index (χ4n) is 7.75. The minimum atomic E-state index is -5.76. The molecule has 55 heavy (non-hydrogen) atoms. The second-order valence-electron chi connectivity index (χ2n) is 14.1. The van der Waals surface area contributed by atoms with Gasteiger partial charge in [0.1, 0.15) is 0 Å². The first-order chi connectivity index (χ1) is 26.3. The lowest BCUT2D eigenvalue weighted by Gasteiger charge is -2.42. The van der Waals surface area contributed by atoms with Crippen LogP contribution >= 0.6 is 0 Å². The van der Waals surface area contributed by atoms with Crippen LogP contribution in [-0.2, 0) is 10.8 Å². The molecule has 1 aliphatic heterocycles. The molecule has 0 spiro atoms. The molecule has 0 bridgehead atoms. The van der Waals surface area contributed by atoms with E-state index < -0.39 is 34.3 Å². The maximum atomic E-state index is 15.3. The Balaban J connectivity index is 1.23. The van der Waals surface area contributed by atoms with Gasteiger partial charge in [0.05, 0.1) is 22.8 Å².